The molecule has 0 N–H and O–H groups in total. The maximum Gasteiger partial charge on any atom is 0.415 e. The van der Waals surface area contributed by atoms with Crippen molar-refractivity contribution in [1.29, 1.82) is 0 Å². The van der Waals surface area contributed by atoms with Crippen molar-refractivity contribution in [3.05, 3.63) is 131 Å². The molecule has 0 radical (unpaired) electrons. The molecule has 7 rings (SSSR count). The van der Waals surface area contributed by atoms with Crippen molar-refractivity contribution in [1.82, 2.24) is 19.6 Å². The number of hydrogen-bond donors (Lipinski definition) is 0. The Bertz CT molecular complexity index is 1950. The Morgan fingerprint density at radius 3 is 1.61 bits per heavy atom. The number of benzene rings is 4. The molecule has 0 unspecified atom stereocenters. The molecule has 2 saturated heterocycles. The molecule has 0 spiro atoms. The minimum atomic E-state index is -0.427. The van der Waals surface area contributed by atoms with E-state index in [0.29, 0.717) is 59.8 Å². The molecule has 0 bridgehead atoms. The zero-order chi connectivity index (χ0) is 33.6. The number of fused-ring (bicyclic) bond motifs is 1. The molecule has 2 amide bonds. The smallest absolute Gasteiger partial charge is 0.415 e. The predicted octanol–water partition coefficient (Wildman–Crippen LogP) is 6.09. The van der Waals surface area contributed by atoms with Gasteiger partial charge in [0.15, 0.2) is 5.43 Å². The summed E-state index contributed by atoms with van der Waals surface area (Å²) < 4.78 is 17.1. The van der Waals surface area contributed by atoms with Crippen LogP contribution in [0, 0.1) is 0 Å². The Morgan fingerprint density at radius 1 is 0.592 bits per heavy atom. The fourth-order valence-corrected chi connectivity index (χ4v) is 6.27. The minimum absolute atomic E-state index is 0.216. The SMILES string of the molecule is O=C(Oc1ccc(-c2coc3cc(OC(=O)N4CCN(Cc5ccccc5)CC4)ccc3c2=O)cc1)N1CCN(Cc2ccccc2)CC1. The number of nitrogens with zero attached hydrogens (tertiary/aromatic N) is 4. The molecule has 0 aliphatic carbocycles. The van der Waals surface area contributed by atoms with Gasteiger partial charge in [-0.2, -0.15) is 0 Å². The van der Waals surface area contributed by atoms with Crippen LogP contribution in [0.4, 0.5) is 9.59 Å². The Morgan fingerprint density at radius 2 is 1.08 bits per heavy atom. The Kier molecular flexibility index (Phi) is 9.67. The van der Waals surface area contributed by atoms with Crippen molar-refractivity contribution in [3.8, 4) is 22.6 Å². The fraction of sp³-hybridized carbons (Fsp3) is 0.256. The zero-order valence-electron chi connectivity index (χ0n) is 27.2. The summed E-state index contributed by atoms with van der Waals surface area (Å²) in [5.41, 5.74) is 3.61. The molecule has 0 atom stereocenters. The number of amides is 2. The van der Waals surface area contributed by atoms with Crippen LogP contribution in [0.5, 0.6) is 11.5 Å². The van der Waals surface area contributed by atoms with E-state index < -0.39 is 6.09 Å². The Balaban J connectivity index is 0.920. The first-order chi connectivity index (χ1) is 24.0. The van der Waals surface area contributed by atoms with Gasteiger partial charge in [0.25, 0.3) is 0 Å². The predicted molar refractivity (Wildman–Crippen MR) is 187 cm³/mol. The van der Waals surface area contributed by atoms with Crippen molar-refractivity contribution in [2.75, 3.05) is 52.4 Å². The van der Waals surface area contributed by atoms with Crippen LogP contribution in [0.1, 0.15) is 11.1 Å². The molecule has 10 heteroatoms. The molecular formula is C39H38N4O6. The Labute approximate surface area is 284 Å². The summed E-state index contributed by atoms with van der Waals surface area (Å²) in [5, 5.41) is 0.369. The van der Waals surface area contributed by atoms with Crippen LogP contribution in [0.3, 0.4) is 0 Å². The summed E-state index contributed by atoms with van der Waals surface area (Å²) >= 11 is 0. The molecular weight excluding hydrogens is 620 g/mol. The lowest BCUT2D eigenvalue weighted by atomic mass is 10.1. The third-order valence-electron chi connectivity index (χ3n) is 9.08. The number of ether oxygens (including phenoxy) is 2. The summed E-state index contributed by atoms with van der Waals surface area (Å²) in [7, 11) is 0. The van der Waals surface area contributed by atoms with E-state index in [2.05, 4.69) is 34.1 Å². The first-order valence-corrected chi connectivity index (χ1v) is 16.6. The van der Waals surface area contributed by atoms with E-state index in [1.54, 1.807) is 52.3 Å². The summed E-state index contributed by atoms with van der Waals surface area (Å²) in [4.78, 5) is 47.2. The van der Waals surface area contributed by atoms with Crippen LogP contribution in [-0.2, 0) is 13.1 Å². The minimum Gasteiger partial charge on any atom is -0.463 e. The first-order valence-electron chi connectivity index (χ1n) is 16.6. The maximum absolute atomic E-state index is 13.4. The van der Waals surface area contributed by atoms with Crippen LogP contribution < -0.4 is 14.9 Å². The third kappa shape index (κ3) is 7.83. The molecule has 10 nitrogen and oxygen atoms in total. The van der Waals surface area contributed by atoms with Crippen molar-refractivity contribution < 1.29 is 23.5 Å². The van der Waals surface area contributed by atoms with E-state index in [1.165, 1.54) is 17.4 Å². The quantitative estimate of drug-likeness (QED) is 0.207. The number of piperazine rings is 2. The average Bonchev–Trinajstić information content (AvgIpc) is 3.14. The highest BCUT2D eigenvalue weighted by Gasteiger charge is 2.24. The van der Waals surface area contributed by atoms with Crippen molar-refractivity contribution >= 4 is 23.2 Å². The second kappa shape index (κ2) is 14.8. The van der Waals surface area contributed by atoms with Crippen LogP contribution >= 0.6 is 0 Å². The van der Waals surface area contributed by atoms with Gasteiger partial charge in [-0.1, -0.05) is 72.8 Å². The largest absolute Gasteiger partial charge is 0.463 e. The van der Waals surface area contributed by atoms with Gasteiger partial charge >= 0.3 is 12.2 Å². The van der Waals surface area contributed by atoms with Crippen LogP contribution in [0.25, 0.3) is 22.1 Å². The lowest BCUT2D eigenvalue weighted by molar-refractivity contribution is 0.107. The maximum atomic E-state index is 13.4. The number of hydrogen-bond acceptors (Lipinski definition) is 8. The highest BCUT2D eigenvalue weighted by atomic mass is 16.6. The standard InChI is InChI=1S/C39H38N4O6/c44-37-34-16-15-33(49-39(46)43-23-19-41(20-24-43)27-30-9-5-2-6-10-30)25-36(34)47-28-35(37)31-11-13-32(14-12-31)48-38(45)42-21-17-40(18-22-42)26-29-7-3-1-4-8-29/h1-16,25,28H,17-24,26-27H2. The lowest BCUT2D eigenvalue weighted by Crippen LogP contribution is -2.49. The topological polar surface area (TPSA) is 95.8 Å². The summed E-state index contributed by atoms with van der Waals surface area (Å²) in [6, 6.07) is 32.2. The van der Waals surface area contributed by atoms with Crippen molar-refractivity contribution in [3.63, 3.8) is 0 Å². The molecule has 4 aromatic carbocycles. The average molecular weight is 659 g/mol. The van der Waals surface area contributed by atoms with Crippen LogP contribution in [-0.4, -0.2) is 84.1 Å². The zero-order valence-corrected chi connectivity index (χ0v) is 27.2. The van der Waals surface area contributed by atoms with Gasteiger partial charge in [-0.3, -0.25) is 14.6 Å². The van der Waals surface area contributed by atoms with Gasteiger partial charge in [0.1, 0.15) is 23.3 Å². The van der Waals surface area contributed by atoms with Gasteiger partial charge in [0.2, 0.25) is 0 Å². The molecule has 5 aromatic rings. The molecule has 1 aromatic heterocycles. The third-order valence-corrected chi connectivity index (χ3v) is 9.08. The van der Waals surface area contributed by atoms with Gasteiger partial charge < -0.3 is 23.7 Å². The highest BCUT2D eigenvalue weighted by Crippen LogP contribution is 2.26. The molecule has 250 valence electrons. The van der Waals surface area contributed by atoms with Gasteiger partial charge in [-0.05, 0) is 41.0 Å². The van der Waals surface area contributed by atoms with Gasteiger partial charge in [-0.25, -0.2) is 9.59 Å². The monoisotopic (exact) mass is 658 g/mol. The number of rotatable bonds is 7. The molecule has 2 aliphatic rings. The molecule has 0 saturated carbocycles. The van der Waals surface area contributed by atoms with Gasteiger partial charge in [0, 0.05) is 71.5 Å². The molecule has 2 aliphatic heterocycles. The van der Waals surface area contributed by atoms with E-state index in [-0.39, 0.29) is 11.5 Å². The van der Waals surface area contributed by atoms with Gasteiger partial charge in [0.05, 0.1) is 10.9 Å². The van der Waals surface area contributed by atoms with Crippen molar-refractivity contribution in [2.45, 2.75) is 13.1 Å². The first kappa shape index (κ1) is 32.1. The van der Waals surface area contributed by atoms with E-state index in [0.717, 1.165) is 39.3 Å². The van der Waals surface area contributed by atoms with E-state index in [9.17, 15) is 14.4 Å². The lowest BCUT2D eigenvalue weighted by Gasteiger charge is -2.34. The second-order valence-corrected chi connectivity index (χ2v) is 12.4. The highest BCUT2D eigenvalue weighted by molar-refractivity contribution is 5.83. The summed E-state index contributed by atoms with van der Waals surface area (Å²) in [5.74, 6) is 0.707. The van der Waals surface area contributed by atoms with Crippen LogP contribution in [0.15, 0.2) is 119 Å². The summed E-state index contributed by atoms with van der Waals surface area (Å²) in [6.45, 7) is 7.10. The van der Waals surface area contributed by atoms with E-state index >= 15 is 0 Å². The second-order valence-electron chi connectivity index (χ2n) is 12.4. The van der Waals surface area contributed by atoms with Crippen molar-refractivity contribution in [2.24, 2.45) is 0 Å². The van der Waals surface area contributed by atoms with E-state index in [1.807, 2.05) is 36.4 Å². The number of carbonyl (C=O) groups is 2. The van der Waals surface area contributed by atoms with E-state index in [4.69, 9.17) is 13.9 Å². The fourth-order valence-electron chi connectivity index (χ4n) is 6.27. The molecule has 3 heterocycles. The van der Waals surface area contributed by atoms with Crippen LogP contribution in [0.2, 0.25) is 0 Å². The number of carbonyl (C=O) groups excluding carboxylic acids is 2. The normalized spacial score (nSPS) is 15.7. The Hall–Kier alpha value is -5.45. The van der Waals surface area contributed by atoms with Gasteiger partial charge in [-0.15, -0.1) is 0 Å². The summed E-state index contributed by atoms with van der Waals surface area (Å²) in [6.07, 6.45) is 0.584. The molecule has 2 fully saturated rings. The molecule has 49 heavy (non-hydrogen) atoms.